The quantitative estimate of drug-likeness (QED) is 0.690. The molecule has 1 aromatic rings. The van der Waals surface area contributed by atoms with Gasteiger partial charge < -0.3 is 5.73 Å². The van der Waals surface area contributed by atoms with Crippen molar-refractivity contribution in [3.8, 4) is 6.07 Å². The summed E-state index contributed by atoms with van der Waals surface area (Å²) in [6, 6.07) is 7.06. The smallest absolute Gasteiger partial charge is 0.0991 e. The van der Waals surface area contributed by atoms with Crippen molar-refractivity contribution in [2.24, 2.45) is 5.73 Å². The Balaban J connectivity index is 3.15. The second kappa shape index (κ2) is 3.38. The Bertz CT molecular complexity index is 301. The van der Waals surface area contributed by atoms with Crippen LogP contribution in [0.25, 0.3) is 0 Å². The fourth-order valence-corrected chi connectivity index (χ4v) is 0.995. The van der Waals surface area contributed by atoms with E-state index in [9.17, 15) is 0 Å². The lowest BCUT2D eigenvalue weighted by atomic mass is 10.1. The van der Waals surface area contributed by atoms with Crippen molar-refractivity contribution in [2.75, 3.05) is 0 Å². The number of hydrogen-bond donors (Lipinski definition) is 1. The summed E-state index contributed by atoms with van der Waals surface area (Å²) in [5, 5.41) is 9.13. The average Bonchev–Trinajstić information content (AvgIpc) is 2.05. The first kappa shape index (κ1) is 8.06. The number of halogens is 1. The molecule has 0 aliphatic carbocycles. The molecule has 0 bridgehead atoms. The molecule has 0 heterocycles. The van der Waals surface area contributed by atoms with Gasteiger partial charge in [-0.1, -0.05) is 11.6 Å². The van der Waals surface area contributed by atoms with E-state index in [1.165, 1.54) is 0 Å². The van der Waals surface area contributed by atoms with Crippen LogP contribution in [0.3, 0.4) is 0 Å². The highest BCUT2D eigenvalue weighted by atomic mass is 35.5. The summed E-state index contributed by atoms with van der Waals surface area (Å²) in [6.45, 7) is 0.369. The molecule has 3 heteroatoms. The van der Waals surface area contributed by atoms with Gasteiger partial charge in [0.2, 0.25) is 0 Å². The highest BCUT2D eigenvalue weighted by molar-refractivity contribution is 6.31. The molecule has 0 amide bonds. The first-order valence-electron chi connectivity index (χ1n) is 3.16. The van der Waals surface area contributed by atoms with E-state index >= 15 is 0 Å². The molecule has 56 valence electrons. The lowest BCUT2D eigenvalue weighted by molar-refractivity contribution is 1.07. The molecule has 0 saturated heterocycles. The molecule has 11 heavy (non-hydrogen) atoms. The van der Waals surface area contributed by atoms with Crippen LogP contribution in [-0.4, -0.2) is 0 Å². The molecule has 0 spiro atoms. The monoisotopic (exact) mass is 166 g/mol. The van der Waals surface area contributed by atoms with Crippen LogP contribution in [0.4, 0.5) is 0 Å². The van der Waals surface area contributed by atoms with E-state index in [0.717, 1.165) is 5.56 Å². The Hall–Kier alpha value is -1.04. The first-order valence-corrected chi connectivity index (χ1v) is 3.54. The molecule has 0 aromatic heterocycles. The number of benzene rings is 1. The zero-order valence-electron chi connectivity index (χ0n) is 5.84. The van der Waals surface area contributed by atoms with Gasteiger partial charge in [-0.3, -0.25) is 0 Å². The van der Waals surface area contributed by atoms with Crippen LogP contribution < -0.4 is 5.73 Å². The summed E-state index contributed by atoms with van der Waals surface area (Å²) in [6.07, 6.45) is 0. The van der Waals surface area contributed by atoms with E-state index in [4.69, 9.17) is 22.6 Å². The fourth-order valence-electron chi connectivity index (χ4n) is 0.801. The Morgan fingerprint density at radius 1 is 1.55 bits per heavy atom. The van der Waals surface area contributed by atoms with Gasteiger partial charge in [0.05, 0.1) is 11.6 Å². The van der Waals surface area contributed by atoms with Crippen LogP contribution in [0.2, 0.25) is 5.02 Å². The Morgan fingerprint density at radius 3 is 2.82 bits per heavy atom. The summed E-state index contributed by atoms with van der Waals surface area (Å²) >= 11 is 5.76. The Labute approximate surface area is 70.2 Å². The van der Waals surface area contributed by atoms with Gasteiger partial charge in [0.25, 0.3) is 0 Å². The molecule has 0 aliphatic rings. The van der Waals surface area contributed by atoms with Gasteiger partial charge in [-0.05, 0) is 23.8 Å². The topological polar surface area (TPSA) is 49.8 Å². The second-order valence-electron chi connectivity index (χ2n) is 2.12. The highest BCUT2D eigenvalue weighted by Crippen LogP contribution is 2.16. The fraction of sp³-hybridized carbons (Fsp3) is 0.125. The van der Waals surface area contributed by atoms with Gasteiger partial charge in [-0.2, -0.15) is 5.26 Å². The number of nitriles is 1. The number of hydrogen-bond acceptors (Lipinski definition) is 2. The molecule has 0 aliphatic heterocycles. The van der Waals surface area contributed by atoms with E-state index in [1.807, 2.05) is 6.07 Å². The van der Waals surface area contributed by atoms with Crippen molar-refractivity contribution in [3.63, 3.8) is 0 Å². The van der Waals surface area contributed by atoms with Gasteiger partial charge in [0, 0.05) is 11.6 Å². The molecule has 0 radical (unpaired) electrons. The minimum Gasteiger partial charge on any atom is -0.326 e. The third-order valence-electron chi connectivity index (χ3n) is 1.39. The van der Waals surface area contributed by atoms with Crippen molar-refractivity contribution < 1.29 is 0 Å². The van der Waals surface area contributed by atoms with Crippen molar-refractivity contribution in [1.82, 2.24) is 0 Å². The van der Waals surface area contributed by atoms with E-state index < -0.39 is 0 Å². The molecular weight excluding hydrogens is 160 g/mol. The zero-order valence-corrected chi connectivity index (χ0v) is 6.60. The summed E-state index contributed by atoms with van der Waals surface area (Å²) in [7, 11) is 0. The number of nitrogens with zero attached hydrogens (tertiary/aromatic N) is 1. The molecule has 0 unspecified atom stereocenters. The van der Waals surface area contributed by atoms with Crippen LogP contribution in [0.1, 0.15) is 11.1 Å². The summed E-state index contributed by atoms with van der Waals surface area (Å²) in [5.74, 6) is 0. The molecule has 2 N–H and O–H groups in total. The minimum absolute atomic E-state index is 0.369. The lowest BCUT2D eigenvalue weighted by Crippen LogP contribution is -1.97. The van der Waals surface area contributed by atoms with E-state index in [2.05, 4.69) is 0 Å². The maximum atomic E-state index is 8.51. The largest absolute Gasteiger partial charge is 0.326 e. The Kier molecular flexibility index (Phi) is 2.48. The van der Waals surface area contributed by atoms with Gasteiger partial charge in [-0.25, -0.2) is 0 Å². The Morgan fingerprint density at radius 2 is 2.27 bits per heavy atom. The van der Waals surface area contributed by atoms with Crippen molar-refractivity contribution in [3.05, 3.63) is 34.3 Å². The van der Waals surface area contributed by atoms with Gasteiger partial charge in [0.1, 0.15) is 0 Å². The van der Waals surface area contributed by atoms with Gasteiger partial charge in [0.15, 0.2) is 0 Å². The summed E-state index contributed by atoms with van der Waals surface area (Å²) in [4.78, 5) is 0. The SMILES string of the molecule is N#Cc1ccc(Cl)c(CN)c1. The standard InChI is InChI=1S/C8H7ClN2/c9-8-2-1-6(4-10)3-7(8)5-11/h1-3H,5,11H2. The molecule has 0 saturated carbocycles. The van der Waals surface area contributed by atoms with Crippen molar-refractivity contribution in [1.29, 1.82) is 5.26 Å². The normalized spacial score (nSPS) is 9.18. The second-order valence-corrected chi connectivity index (χ2v) is 2.53. The van der Waals surface area contributed by atoms with Crippen molar-refractivity contribution >= 4 is 11.6 Å². The number of rotatable bonds is 1. The number of nitrogens with two attached hydrogens (primary N) is 1. The van der Waals surface area contributed by atoms with E-state index in [1.54, 1.807) is 18.2 Å². The summed E-state index contributed by atoms with van der Waals surface area (Å²) in [5.41, 5.74) is 6.78. The average molecular weight is 167 g/mol. The predicted molar refractivity (Wildman–Crippen MR) is 44.1 cm³/mol. The lowest BCUT2D eigenvalue weighted by Gasteiger charge is -1.99. The van der Waals surface area contributed by atoms with E-state index in [-0.39, 0.29) is 0 Å². The van der Waals surface area contributed by atoms with Crippen LogP contribution in [0.5, 0.6) is 0 Å². The summed E-state index contributed by atoms with van der Waals surface area (Å²) < 4.78 is 0. The van der Waals surface area contributed by atoms with E-state index in [0.29, 0.717) is 17.1 Å². The third-order valence-corrected chi connectivity index (χ3v) is 1.76. The molecule has 1 aromatic carbocycles. The van der Waals surface area contributed by atoms with Gasteiger partial charge in [-0.15, -0.1) is 0 Å². The maximum Gasteiger partial charge on any atom is 0.0991 e. The third kappa shape index (κ3) is 1.70. The maximum absolute atomic E-state index is 8.51. The molecule has 0 fully saturated rings. The van der Waals surface area contributed by atoms with Gasteiger partial charge >= 0.3 is 0 Å². The molecule has 2 nitrogen and oxygen atoms in total. The molecular formula is C8H7ClN2. The first-order chi connectivity index (χ1) is 5.27. The van der Waals surface area contributed by atoms with Crippen LogP contribution in [0, 0.1) is 11.3 Å². The molecule has 1 rings (SSSR count). The van der Waals surface area contributed by atoms with Crippen LogP contribution >= 0.6 is 11.6 Å². The van der Waals surface area contributed by atoms with Crippen molar-refractivity contribution in [2.45, 2.75) is 6.54 Å². The zero-order chi connectivity index (χ0) is 8.27. The predicted octanol–water partition coefficient (Wildman–Crippen LogP) is 1.67. The highest BCUT2D eigenvalue weighted by Gasteiger charge is 1.98. The van der Waals surface area contributed by atoms with Crippen LogP contribution in [-0.2, 0) is 6.54 Å². The van der Waals surface area contributed by atoms with Crippen LogP contribution in [0.15, 0.2) is 18.2 Å². The minimum atomic E-state index is 0.369. The molecule has 0 atom stereocenters.